The lowest BCUT2D eigenvalue weighted by Crippen LogP contribution is -2.46. The fourth-order valence-electron chi connectivity index (χ4n) is 2.74. The van der Waals surface area contributed by atoms with E-state index in [2.05, 4.69) is 44.3 Å². The van der Waals surface area contributed by atoms with Gasteiger partial charge in [-0.2, -0.15) is 0 Å². The van der Waals surface area contributed by atoms with Crippen LogP contribution in [0, 0.1) is 13.8 Å². The van der Waals surface area contributed by atoms with Crippen LogP contribution in [0.4, 0.5) is 0 Å². The highest BCUT2D eigenvalue weighted by Crippen LogP contribution is 2.25. The number of benzene rings is 1. The molecule has 3 nitrogen and oxygen atoms in total. The van der Waals surface area contributed by atoms with Crippen LogP contribution in [-0.4, -0.2) is 29.9 Å². The van der Waals surface area contributed by atoms with Gasteiger partial charge in [-0.25, -0.2) is 0 Å². The molecule has 21 heavy (non-hydrogen) atoms. The molecular weight excluding hydrogens is 262 g/mol. The number of unbranched alkanes of at least 4 members (excludes halogenated alkanes) is 1. The smallest absolute Gasteiger partial charge is 0.125 e. The second-order valence-electron chi connectivity index (χ2n) is 6.66. The Hall–Kier alpha value is -1.06. The third kappa shape index (κ3) is 5.01. The molecule has 0 radical (unpaired) electrons. The number of ether oxygens (including phenoxy) is 1. The summed E-state index contributed by atoms with van der Waals surface area (Å²) in [6, 6.07) is 6.87. The van der Waals surface area contributed by atoms with E-state index in [0.29, 0.717) is 6.04 Å². The zero-order valence-electron chi connectivity index (χ0n) is 13.6. The molecule has 0 spiro atoms. The van der Waals surface area contributed by atoms with Crippen molar-refractivity contribution in [1.82, 2.24) is 5.32 Å². The monoisotopic (exact) mass is 291 g/mol. The van der Waals surface area contributed by atoms with Crippen LogP contribution in [-0.2, 0) is 0 Å². The minimum absolute atomic E-state index is 0.125. The summed E-state index contributed by atoms with van der Waals surface area (Å²) in [5, 5.41) is 13.1. The maximum Gasteiger partial charge on any atom is 0.125 e. The van der Waals surface area contributed by atoms with Gasteiger partial charge in [0.2, 0.25) is 0 Å². The van der Waals surface area contributed by atoms with Crippen LogP contribution in [0.25, 0.3) is 0 Å². The molecule has 118 valence electrons. The molecule has 1 aliphatic carbocycles. The number of hydrogen-bond donors (Lipinski definition) is 2. The molecule has 1 aliphatic rings. The lowest BCUT2D eigenvalue weighted by molar-refractivity contribution is 0.158. The molecule has 1 fully saturated rings. The maximum atomic E-state index is 9.58. The van der Waals surface area contributed by atoms with Gasteiger partial charge in [0.1, 0.15) is 5.75 Å². The van der Waals surface area contributed by atoms with E-state index in [9.17, 15) is 5.11 Å². The zero-order chi connectivity index (χ0) is 15.3. The molecule has 0 saturated heterocycles. The van der Waals surface area contributed by atoms with Gasteiger partial charge < -0.3 is 15.2 Å². The number of aryl methyl sites for hydroxylation is 2. The Morgan fingerprint density at radius 3 is 2.48 bits per heavy atom. The molecule has 1 atom stereocenters. The Bertz CT molecular complexity index is 436. The van der Waals surface area contributed by atoms with Gasteiger partial charge in [0.05, 0.1) is 13.2 Å². The first kappa shape index (κ1) is 16.3. The van der Waals surface area contributed by atoms with Crippen molar-refractivity contribution >= 4 is 0 Å². The minimum atomic E-state index is -0.125. The van der Waals surface area contributed by atoms with Crippen LogP contribution < -0.4 is 10.1 Å². The third-order valence-electron chi connectivity index (χ3n) is 4.26. The Balaban J connectivity index is 1.69. The standard InChI is InChI=1S/C18H29NO2/c1-14-7-6-8-15(2)17(14)21-12-5-4-11-18(3,13-20)19-16-9-10-16/h6-8,16,19-20H,4-5,9-13H2,1-3H3. The molecule has 2 N–H and O–H groups in total. The van der Waals surface area contributed by atoms with Crippen molar-refractivity contribution in [2.24, 2.45) is 0 Å². The summed E-state index contributed by atoms with van der Waals surface area (Å²) < 4.78 is 5.93. The van der Waals surface area contributed by atoms with Gasteiger partial charge in [-0.15, -0.1) is 0 Å². The highest BCUT2D eigenvalue weighted by molar-refractivity contribution is 5.39. The summed E-state index contributed by atoms with van der Waals surface area (Å²) >= 11 is 0. The van der Waals surface area contributed by atoms with Crippen LogP contribution in [0.1, 0.15) is 50.2 Å². The predicted octanol–water partition coefficient (Wildman–Crippen LogP) is 3.36. The van der Waals surface area contributed by atoms with Gasteiger partial charge in [-0.1, -0.05) is 18.2 Å². The van der Waals surface area contributed by atoms with Crippen molar-refractivity contribution in [1.29, 1.82) is 0 Å². The highest BCUT2D eigenvalue weighted by Gasteiger charge is 2.31. The number of para-hydroxylation sites is 1. The lowest BCUT2D eigenvalue weighted by Gasteiger charge is -2.29. The molecule has 1 aromatic carbocycles. The number of aliphatic hydroxyl groups is 1. The first-order valence-corrected chi connectivity index (χ1v) is 8.12. The van der Waals surface area contributed by atoms with E-state index in [1.807, 2.05) is 0 Å². The Morgan fingerprint density at radius 1 is 1.24 bits per heavy atom. The second-order valence-corrected chi connectivity index (χ2v) is 6.66. The van der Waals surface area contributed by atoms with Crippen LogP contribution in [0.15, 0.2) is 18.2 Å². The minimum Gasteiger partial charge on any atom is -0.493 e. The SMILES string of the molecule is Cc1cccc(C)c1OCCCCC(C)(CO)NC1CC1. The molecule has 0 bridgehead atoms. The van der Waals surface area contributed by atoms with E-state index in [0.717, 1.165) is 31.6 Å². The van der Waals surface area contributed by atoms with Gasteiger partial charge in [-0.05, 0) is 64.0 Å². The van der Waals surface area contributed by atoms with E-state index >= 15 is 0 Å². The molecule has 0 amide bonds. The van der Waals surface area contributed by atoms with E-state index in [1.165, 1.54) is 24.0 Å². The number of hydrogen-bond acceptors (Lipinski definition) is 3. The van der Waals surface area contributed by atoms with Gasteiger partial charge in [0.15, 0.2) is 0 Å². The number of rotatable bonds is 9. The topological polar surface area (TPSA) is 41.5 Å². The molecule has 0 aromatic heterocycles. The van der Waals surface area contributed by atoms with E-state index in [4.69, 9.17) is 4.74 Å². The number of nitrogens with one attached hydrogen (secondary N) is 1. The van der Waals surface area contributed by atoms with Crippen LogP contribution in [0.5, 0.6) is 5.75 Å². The van der Waals surface area contributed by atoms with Gasteiger partial charge in [-0.3, -0.25) is 0 Å². The predicted molar refractivity (Wildman–Crippen MR) is 86.9 cm³/mol. The van der Waals surface area contributed by atoms with Crippen molar-refractivity contribution in [2.45, 2.75) is 64.5 Å². The Kier molecular flexibility index (Phi) is 5.65. The van der Waals surface area contributed by atoms with Crippen molar-refractivity contribution in [3.05, 3.63) is 29.3 Å². The quantitative estimate of drug-likeness (QED) is 0.686. The lowest BCUT2D eigenvalue weighted by atomic mass is 9.95. The molecular formula is C18H29NO2. The Labute approximate surface area is 128 Å². The summed E-state index contributed by atoms with van der Waals surface area (Å²) in [5.41, 5.74) is 2.27. The molecule has 1 saturated carbocycles. The van der Waals surface area contributed by atoms with Crippen LogP contribution >= 0.6 is 0 Å². The van der Waals surface area contributed by atoms with E-state index in [-0.39, 0.29) is 12.1 Å². The van der Waals surface area contributed by atoms with E-state index in [1.54, 1.807) is 0 Å². The van der Waals surface area contributed by atoms with Crippen molar-refractivity contribution in [2.75, 3.05) is 13.2 Å². The molecule has 2 rings (SSSR count). The number of aliphatic hydroxyl groups excluding tert-OH is 1. The average Bonchev–Trinajstić information content (AvgIpc) is 3.25. The van der Waals surface area contributed by atoms with Gasteiger partial charge >= 0.3 is 0 Å². The molecule has 0 aliphatic heterocycles. The third-order valence-corrected chi connectivity index (χ3v) is 4.26. The summed E-state index contributed by atoms with van der Waals surface area (Å²) in [6.45, 7) is 7.25. The largest absolute Gasteiger partial charge is 0.493 e. The fourth-order valence-corrected chi connectivity index (χ4v) is 2.74. The van der Waals surface area contributed by atoms with Gasteiger partial charge in [0, 0.05) is 11.6 Å². The first-order chi connectivity index (χ1) is 10.0. The maximum absolute atomic E-state index is 9.58. The van der Waals surface area contributed by atoms with Crippen molar-refractivity contribution in [3.63, 3.8) is 0 Å². The molecule has 1 aromatic rings. The zero-order valence-corrected chi connectivity index (χ0v) is 13.6. The fraction of sp³-hybridized carbons (Fsp3) is 0.667. The Morgan fingerprint density at radius 2 is 1.90 bits per heavy atom. The van der Waals surface area contributed by atoms with Crippen molar-refractivity contribution in [3.8, 4) is 5.75 Å². The second kappa shape index (κ2) is 7.28. The highest BCUT2D eigenvalue weighted by atomic mass is 16.5. The van der Waals surface area contributed by atoms with Gasteiger partial charge in [0.25, 0.3) is 0 Å². The van der Waals surface area contributed by atoms with E-state index < -0.39 is 0 Å². The molecule has 3 heteroatoms. The summed E-state index contributed by atoms with van der Waals surface area (Å²) in [4.78, 5) is 0. The average molecular weight is 291 g/mol. The normalized spacial score (nSPS) is 17.5. The summed E-state index contributed by atoms with van der Waals surface area (Å²) in [6.07, 6.45) is 5.60. The summed E-state index contributed by atoms with van der Waals surface area (Å²) in [7, 11) is 0. The first-order valence-electron chi connectivity index (χ1n) is 8.12. The summed E-state index contributed by atoms with van der Waals surface area (Å²) in [5.74, 6) is 1.03. The van der Waals surface area contributed by atoms with Crippen LogP contribution in [0.2, 0.25) is 0 Å². The van der Waals surface area contributed by atoms with Crippen molar-refractivity contribution < 1.29 is 9.84 Å². The molecule has 0 heterocycles. The molecule has 1 unspecified atom stereocenters. The van der Waals surface area contributed by atoms with Crippen LogP contribution in [0.3, 0.4) is 0 Å².